The molecular formula is C24H27N3O6S. The number of nitrogens with zero attached hydrogens (tertiary/aromatic N) is 1. The highest BCUT2D eigenvalue weighted by molar-refractivity contribution is 7.89. The van der Waals surface area contributed by atoms with Crippen molar-refractivity contribution in [1.82, 2.24) is 14.6 Å². The minimum atomic E-state index is -3.77. The fourth-order valence-corrected chi connectivity index (χ4v) is 5.45. The third-order valence-electron chi connectivity index (χ3n) is 5.90. The molecule has 1 fully saturated rings. The summed E-state index contributed by atoms with van der Waals surface area (Å²) < 4.78 is 38.1. The molecule has 1 aliphatic heterocycles. The molecule has 2 aromatic carbocycles. The van der Waals surface area contributed by atoms with Gasteiger partial charge in [0, 0.05) is 30.1 Å². The number of hydrogen-bond acceptors (Lipinski definition) is 6. The summed E-state index contributed by atoms with van der Waals surface area (Å²) in [5, 5.41) is 3.33. The molecule has 3 aromatic rings. The minimum Gasteiger partial charge on any atom is -0.497 e. The van der Waals surface area contributed by atoms with Crippen LogP contribution in [0.15, 0.2) is 58.2 Å². The van der Waals surface area contributed by atoms with E-state index in [0.29, 0.717) is 36.3 Å². The largest absolute Gasteiger partial charge is 0.497 e. The van der Waals surface area contributed by atoms with Gasteiger partial charge in [0.2, 0.25) is 15.6 Å². The molecule has 10 heteroatoms. The normalized spacial score (nSPS) is 15.7. The Morgan fingerprint density at radius 1 is 1.15 bits per heavy atom. The molecule has 1 saturated heterocycles. The zero-order valence-electron chi connectivity index (χ0n) is 19.0. The Morgan fingerprint density at radius 2 is 1.85 bits per heavy atom. The molecule has 1 atom stereocenters. The predicted octanol–water partition coefficient (Wildman–Crippen LogP) is 2.44. The molecule has 0 spiro atoms. The average Bonchev–Trinajstić information content (AvgIpc) is 2.87. The van der Waals surface area contributed by atoms with Crippen molar-refractivity contribution in [3.8, 4) is 5.75 Å². The summed E-state index contributed by atoms with van der Waals surface area (Å²) in [5.74, 6) is 0.249. The lowest BCUT2D eigenvalue weighted by molar-refractivity contribution is 0.0730. The Bertz CT molecular complexity index is 1350. The van der Waals surface area contributed by atoms with Gasteiger partial charge in [0.05, 0.1) is 36.8 Å². The number of carbonyl (C=O) groups is 1. The van der Waals surface area contributed by atoms with E-state index in [4.69, 9.17) is 9.47 Å². The monoisotopic (exact) mass is 485 g/mol. The van der Waals surface area contributed by atoms with E-state index < -0.39 is 21.5 Å². The van der Waals surface area contributed by atoms with E-state index >= 15 is 0 Å². The molecule has 1 aliphatic rings. The number of sulfonamides is 1. The summed E-state index contributed by atoms with van der Waals surface area (Å²) in [4.78, 5) is 28.3. The number of ether oxygens (including phenoxy) is 2. The van der Waals surface area contributed by atoms with Crippen molar-refractivity contribution in [2.75, 3.05) is 33.4 Å². The highest BCUT2D eigenvalue weighted by Crippen LogP contribution is 2.25. The van der Waals surface area contributed by atoms with Gasteiger partial charge in [-0.2, -0.15) is 4.31 Å². The molecule has 2 heterocycles. The molecule has 180 valence electrons. The first-order valence-corrected chi connectivity index (χ1v) is 12.5. The standard InChI is InChI=1S/C24H27N3O6S/c1-3-21(16-4-6-17(32-2)7-5-16)26-24(29)20-15-23(28)25-22-9-8-18(14-19(20)22)34(30,31)27-10-12-33-13-11-27/h4-9,14-15,21H,3,10-13H2,1-2H3,(H,25,28)(H,26,29). The van der Waals surface area contributed by atoms with Crippen LogP contribution < -0.4 is 15.6 Å². The van der Waals surface area contributed by atoms with Crippen LogP contribution in [0, 0.1) is 0 Å². The van der Waals surface area contributed by atoms with E-state index in [0.717, 1.165) is 5.56 Å². The molecule has 0 bridgehead atoms. The second-order valence-corrected chi connectivity index (χ2v) is 9.92. The Morgan fingerprint density at radius 3 is 2.50 bits per heavy atom. The number of benzene rings is 2. The van der Waals surface area contributed by atoms with E-state index in [1.165, 1.54) is 28.6 Å². The average molecular weight is 486 g/mol. The van der Waals surface area contributed by atoms with E-state index in [1.807, 2.05) is 31.2 Å². The summed E-state index contributed by atoms with van der Waals surface area (Å²) in [6, 6.07) is 12.7. The second kappa shape index (κ2) is 9.96. The quantitative estimate of drug-likeness (QED) is 0.531. The van der Waals surface area contributed by atoms with Crippen molar-refractivity contribution >= 4 is 26.8 Å². The zero-order valence-corrected chi connectivity index (χ0v) is 19.9. The van der Waals surface area contributed by atoms with Crippen molar-refractivity contribution in [3.63, 3.8) is 0 Å². The number of nitrogens with one attached hydrogen (secondary N) is 2. The van der Waals surface area contributed by atoms with Gasteiger partial charge in [-0.15, -0.1) is 0 Å². The minimum absolute atomic E-state index is 0.0604. The topological polar surface area (TPSA) is 118 Å². The zero-order chi connectivity index (χ0) is 24.3. The van der Waals surface area contributed by atoms with Crippen LogP contribution in [0.2, 0.25) is 0 Å². The van der Waals surface area contributed by atoms with Gasteiger partial charge in [0.25, 0.3) is 5.91 Å². The Kier molecular flexibility index (Phi) is 7.01. The van der Waals surface area contributed by atoms with E-state index in [1.54, 1.807) is 7.11 Å². The lowest BCUT2D eigenvalue weighted by Gasteiger charge is -2.26. The number of morpholine rings is 1. The first kappa shape index (κ1) is 23.9. The fraction of sp³-hybridized carbons (Fsp3) is 0.333. The smallest absolute Gasteiger partial charge is 0.252 e. The Balaban J connectivity index is 1.69. The number of rotatable bonds is 7. The van der Waals surface area contributed by atoms with Crippen LogP contribution in [0.1, 0.15) is 35.3 Å². The number of amides is 1. The predicted molar refractivity (Wildman–Crippen MR) is 128 cm³/mol. The van der Waals surface area contributed by atoms with Crippen molar-refractivity contribution < 1.29 is 22.7 Å². The summed E-state index contributed by atoms with van der Waals surface area (Å²) in [6.07, 6.45) is 0.621. The number of aromatic nitrogens is 1. The molecule has 34 heavy (non-hydrogen) atoms. The van der Waals surface area contributed by atoms with Gasteiger partial charge in [-0.05, 0) is 42.3 Å². The number of pyridine rings is 1. The van der Waals surface area contributed by atoms with Crippen LogP contribution in [-0.2, 0) is 14.8 Å². The lowest BCUT2D eigenvalue weighted by atomic mass is 10.0. The maximum atomic E-state index is 13.3. The summed E-state index contributed by atoms with van der Waals surface area (Å²) in [5.41, 5.74) is 0.945. The first-order chi connectivity index (χ1) is 16.3. The maximum absolute atomic E-state index is 13.3. The number of H-pyrrole nitrogens is 1. The third kappa shape index (κ3) is 4.84. The fourth-order valence-electron chi connectivity index (χ4n) is 4.01. The van der Waals surface area contributed by atoms with Crippen LogP contribution in [0.3, 0.4) is 0 Å². The number of methoxy groups -OCH3 is 1. The highest BCUT2D eigenvalue weighted by atomic mass is 32.2. The number of carbonyl (C=O) groups excluding carboxylic acids is 1. The number of fused-ring (bicyclic) bond motifs is 1. The summed E-state index contributed by atoms with van der Waals surface area (Å²) in [6.45, 7) is 3.13. The van der Waals surface area contributed by atoms with E-state index in [-0.39, 0.29) is 29.6 Å². The second-order valence-electron chi connectivity index (χ2n) is 7.98. The van der Waals surface area contributed by atoms with Crippen LogP contribution in [0.5, 0.6) is 5.75 Å². The highest BCUT2D eigenvalue weighted by Gasteiger charge is 2.27. The van der Waals surface area contributed by atoms with Crippen molar-refractivity contribution in [3.05, 3.63) is 70.0 Å². The SMILES string of the molecule is CCC(NC(=O)c1cc(=O)[nH]c2ccc(S(=O)(=O)N3CCOCC3)cc12)c1ccc(OC)cc1. The lowest BCUT2D eigenvalue weighted by Crippen LogP contribution is -2.40. The molecule has 9 nitrogen and oxygen atoms in total. The van der Waals surface area contributed by atoms with Crippen LogP contribution >= 0.6 is 0 Å². The molecule has 1 aromatic heterocycles. The molecule has 4 rings (SSSR count). The molecule has 2 N–H and O–H groups in total. The van der Waals surface area contributed by atoms with Gasteiger partial charge in [-0.3, -0.25) is 9.59 Å². The molecule has 1 amide bonds. The van der Waals surface area contributed by atoms with Crippen molar-refractivity contribution in [1.29, 1.82) is 0 Å². The van der Waals surface area contributed by atoms with E-state index in [9.17, 15) is 18.0 Å². The van der Waals surface area contributed by atoms with Crippen LogP contribution in [0.4, 0.5) is 0 Å². The molecule has 0 radical (unpaired) electrons. The molecular weight excluding hydrogens is 458 g/mol. The molecule has 1 unspecified atom stereocenters. The van der Waals surface area contributed by atoms with Gasteiger partial charge >= 0.3 is 0 Å². The first-order valence-electron chi connectivity index (χ1n) is 11.0. The van der Waals surface area contributed by atoms with Crippen molar-refractivity contribution in [2.45, 2.75) is 24.3 Å². The van der Waals surface area contributed by atoms with E-state index in [2.05, 4.69) is 10.3 Å². The summed E-state index contributed by atoms with van der Waals surface area (Å²) >= 11 is 0. The Labute approximate surface area is 197 Å². The van der Waals surface area contributed by atoms with Gasteiger partial charge in [0.15, 0.2) is 0 Å². The number of aromatic amines is 1. The summed E-state index contributed by atoms with van der Waals surface area (Å²) in [7, 11) is -2.18. The van der Waals surface area contributed by atoms with Gasteiger partial charge < -0.3 is 19.8 Å². The third-order valence-corrected chi connectivity index (χ3v) is 7.79. The Hall–Kier alpha value is -3.21. The van der Waals surface area contributed by atoms with Gasteiger partial charge in [-0.1, -0.05) is 19.1 Å². The van der Waals surface area contributed by atoms with Gasteiger partial charge in [0.1, 0.15) is 5.75 Å². The number of hydrogen-bond donors (Lipinski definition) is 2. The van der Waals surface area contributed by atoms with Crippen LogP contribution in [0.25, 0.3) is 10.9 Å². The molecule has 0 aliphatic carbocycles. The van der Waals surface area contributed by atoms with Gasteiger partial charge in [-0.25, -0.2) is 8.42 Å². The maximum Gasteiger partial charge on any atom is 0.252 e. The molecule has 0 saturated carbocycles. The van der Waals surface area contributed by atoms with Crippen molar-refractivity contribution in [2.24, 2.45) is 0 Å². The van der Waals surface area contributed by atoms with Crippen LogP contribution in [-0.4, -0.2) is 57.0 Å².